The minimum absolute atomic E-state index is 0.334. The fourth-order valence-electron chi connectivity index (χ4n) is 1.32. The lowest BCUT2D eigenvalue weighted by Gasteiger charge is -2.10. The van der Waals surface area contributed by atoms with Crippen molar-refractivity contribution in [2.45, 2.75) is 12.8 Å². The number of halogens is 3. The normalized spacial score (nSPS) is 11.0. The molecule has 0 aliphatic carbocycles. The van der Waals surface area contributed by atoms with Crippen LogP contribution in [0.4, 0.5) is 18.9 Å². The van der Waals surface area contributed by atoms with Gasteiger partial charge in [-0.3, -0.25) is 10.1 Å². The fourth-order valence-corrected chi connectivity index (χ4v) is 1.32. The average Bonchev–Trinajstić information content (AvgIpc) is 2.25. The molecular formula is C9H5F3N2O3. The summed E-state index contributed by atoms with van der Waals surface area (Å²) in [5.74, 6) is 0. The van der Waals surface area contributed by atoms with E-state index in [1.54, 1.807) is 0 Å². The molecule has 0 aliphatic heterocycles. The topological polar surface area (TPSA) is 87.2 Å². The van der Waals surface area contributed by atoms with Crippen molar-refractivity contribution in [2.75, 3.05) is 0 Å². The summed E-state index contributed by atoms with van der Waals surface area (Å²) in [6.45, 7) is -0.816. The molecule has 0 spiro atoms. The van der Waals surface area contributed by atoms with Crippen molar-refractivity contribution in [3.8, 4) is 6.07 Å². The lowest BCUT2D eigenvalue weighted by molar-refractivity contribution is -0.386. The minimum atomic E-state index is -4.86. The Hall–Kier alpha value is -2.14. The molecule has 0 atom stereocenters. The summed E-state index contributed by atoms with van der Waals surface area (Å²) in [7, 11) is 0. The van der Waals surface area contributed by atoms with E-state index in [4.69, 9.17) is 10.4 Å². The van der Waals surface area contributed by atoms with Gasteiger partial charge in [0, 0.05) is 0 Å². The molecule has 8 heteroatoms. The zero-order valence-corrected chi connectivity index (χ0v) is 8.15. The second kappa shape index (κ2) is 4.39. The Morgan fingerprint density at radius 1 is 1.47 bits per heavy atom. The largest absolute Gasteiger partial charge is 0.417 e. The van der Waals surface area contributed by atoms with E-state index < -0.39 is 34.5 Å². The third-order valence-electron chi connectivity index (χ3n) is 2.03. The van der Waals surface area contributed by atoms with Gasteiger partial charge in [0.15, 0.2) is 0 Å². The highest BCUT2D eigenvalue weighted by Crippen LogP contribution is 2.37. The predicted octanol–water partition coefficient (Wildman–Crippen LogP) is 1.98. The third kappa shape index (κ3) is 2.34. The van der Waals surface area contributed by atoms with Gasteiger partial charge in [0.1, 0.15) is 11.6 Å². The molecule has 0 bridgehead atoms. The van der Waals surface area contributed by atoms with Gasteiger partial charge in [-0.1, -0.05) is 0 Å². The van der Waals surface area contributed by atoms with Crippen molar-refractivity contribution < 1.29 is 23.2 Å². The molecule has 0 aliphatic rings. The molecule has 0 saturated heterocycles. The molecule has 0 radical (unpaired) electrons. The van der Waals surface area contributed by atoms with Gasteiger partial charge in [-0.15, -0.1) is 0 Å². The molecule has 0 saturated carbocycles. The second-order valence-corrected chi connectivity index (χ2v) is 3.02. The average molecular weight is 246 g/mol. The first-order valence-corrected chi connectivity index (χ1v) is 4.21. The maximum absolute atomic E-state index is 12.5. The van der Waals surface area contributed by atoms with Gasteiger partial charge >= 0.3 is 6.18 Å². The van der Waals surface area contributed by atoms with Gasteiger partial charge in [-0.2, -0.15) is 18.4 Å². The molecule has 1 aromatic rings. The molecule has 0 amide bonds. The number of hydrogen-bond acceptors (Lipinski definition) is 4. The van der Waals surface area contributed by atoms with Gasteiger partial charge in [-0.25, -0.2) is 0 Å². The van der Waals surface area contributed by atoms with Crippen molar-refractivity contribution in [1.82, 2.24) is 0 Å². The number of nitro benzene ring substituents is 1. The maximum atomic E-state index is 12.5. The monoisotopic (exact) mass is 246 g/mol. The number of benzene rings is 1. The van der Waals surface area contributed by atoms with E-state index in [1.807, 2.05) is 0 Å². The molecule has 0 fully saturated rings. The summed E-state index contributed by atoms with van der Waals surface area (Å²) in [5, 5.41) is 28.0. The van der Waals surface area contributed by atoms with Crippen molar-refractivity contribution in [3.63, 3.8) is 0 Å². The first kappa shape index (κ1) is 12.9. The molecule has 17 heavy (non-hydrogen) atoms. The quantitative estimate of drug-likeness (QED) is 0.638. The van der Waals surface area contributed by atoms with Crippen LogP contribution in [-0.2, 0) is 12.8 Å². The summed E-state index contributed by atoms with van der Waals surface area (Å²) in [6.07, 6.45) is -4.86. The molecular weight excluding hydrogens is 241 g/mol. The summed E-state index contributed by atoms with van der Waals surface area (Å²) in [5.41, 5.74) is -3.82. The molecule has 1 aromatic carbocycles. The summed E-state index contributed by atoms with van der Waals surface area (Å²) < 4.78 is 37.4. The van der Waals surface area contributed by atoms with Gasteiger partial charge in [0.2, 0.25) is 0 Å². The number of alkyl halides is 3. The van der Waals surface area contributed by atoms with Crippen LogP contribution in [0.3, 0.4) is 0 Å². The van der Waals surface area contributed by atoms with Crippen LogP contribution in [0.2, 0.25) is 0 Å². The highest BCUT2D eigenvalue weighted by atomic mass is 19.4. The van der Waals surface area contributed by atoms with Crippen molar-refractivity contribution in [1.29, 1.82) is 5.26 Å². The van der Waals surface area contributed by atoms with Gasteiger partial charge in [0.25, 0.3) is 5.69 Å². The molecule has 5 nitrogen and oxygen atoms in total. The van der Waals surface area contributed by atoms with Crippen LogP contribution < -0.4 is 0 Å². The number of rotatable bonds is 2. The zero-order chi connectivity index (χ0) is 13.2. The molecule has 90 valence electrons. The van der Waals surface area contributed by atoms with Crippen molar-refractivity contribution >= 4 is 5.69 Å². The van der Waals surface area contributed by atoms with Crippen LogP contribution >= 0.6 is 0 Å². The van der Waals surface area contributed by atoms with Gasteiger partial charge < -0.3 is 5.11 Å². The Morgan fingerprint density at radius 2 is 2.06 bits per heavy atom. The third-order valence-corrected chi connectivity index (χ3v) is 2.03. The van der Waals surface area contributed by atoms with E-state index in [2.05, 4.69) is 0 Å². The fraction of sp³-hybridized carbons (Fsp3) is 0.222. The van der Waals surface area contributed by atoms with Crippen LogP contribution in [0.1, 0.15) is 16.7 Å². The molecule has 0 heterocycles. The molecule has 0 aromatic heterocycles. The van der Waals surface area contributed by atoms with E-state index >= 15 is 0 Å². The smallest absolute Gasteiger partial charge is 0.391 e. The van der Waals surface area contributed by atoms with Crippen LogP contribution in [0.25, 0.3) is 0 Å². The first-order valence-electron chi connectivity index (χ1n) is 4.21. The van der Waals surface area contributed by atoms with Crippen LogP contribution in [0.15, 0.2) is 12.1 Å². The maximum Gasteiger partial charge on any atom is 0.417 e. The number of hydrogen-bond donors (Lipinski definition) is 1. The van der Waals surface area contributed by atoms with Crippen LogP contribution in [-0.4, -0.2) is 10.0 Å². The number of aliphatic hydroxyl groups excluding tert-OH is 1. The van der Waals surface area contributed by atoms with Crippen LogP contribution in [0, 0.1) is 21.4 Å². The number of nitrogens with zero attached hydrogens (tertiary/aromatic N) is 2. The van der Waals surface area contributed by atoms with E-state index in [-0.39, 0.29) is 5.56 Å². The molecule has 1 rings (SSSR count). The Bertz CT molecular complexity index is 505. The Balaban J connectivity index is 3.66. The second-order valence-electron chi connectivity index (χ2n) is 3.02. The van der Waals surface area contributed by atoms with Crippen molar-refractivity contribution in [2.24, 2.45) is 0 Å². The van der Waals surface area contributed by atoms with E-state index in [0.29, 0.717) is 6.07 Å². The lowest BCUT2D eigenvalue weighted by Crippen LogP contribution is -2.11. The Kier molecular flexibility index (Phi) is 3.34. The van der Waals surface area contributed by atoms with E-state index in [9.17, 15) is 23.3 Å². The highest BCUT2D eigenvalue weighted by Gasteiger charge is 2.38. The minimum Gasteiger partial charge on any atom is -0.391 e. The summed E-state index contributed by atoms with van der Waals surface area (Å²) in [4.78, 5) is 9.50. The number of nitriles is 1. The standard InChI is InChI=1S/C9H5F3N2O3/c10-9(11,12)7-2-1-5(4-15)8(14(16)17)6(7)3-13/h1-2,15H,4H2. The zero-order valence-electron chi connectivity index (χ0n) is 8.15. The van der Waals surface area contributed by atoms with Gasteiger partial charge in [-0.05, 0) is 12.1 Å². The predicted molar refractivity (Wildman–Crippen MR) is 48.7 cm³/mol. The SMILES string of the molecule is N#Cc1c(C(F)(F)F)ccc(CO)c1[N+](=O)[O-]. The molecule has 0 unspecified atom stereocenters. The highest BCUT2D eigenvalue weighted by molar-refractivity contribution is 5.58. The van der Waals surface area contributed by atoms with Crippen molar-refractivity contribution in [3.05, 3.63) is 38.9 Å². The number of aliphatic hydroxyl groups is 1. The summed E-state index contributed by atoms with van der Waals surface area (Å²) in [6, 6.07) is 2.47. The lowest BCUT2D eigenvalue weighted by atomic mass is 10.0. The summed E-state index contributed by atoms with van der Waals surface area (Å²) >= 11 is 0. The Labute approximate surface area is 92.9 Å². The van der Waals surface area contributed by atoms with E-state index in [1.165, 1.54) is 0 Å². The van der Waals surface area contributed by atoms with Gasteiger partial charge in [0.05, 0.1) is 22.7 Å². The Morgan fingerprint density at radius 3 is 2.41 bits per heavy atom. The molecule has 1 N–H and O–H groups in total. The number of nitro groups is 1. The van der Waals surface area contributed by atoms with E-state index in [0.717, 1.165) is 12.1 Å². The first-order chi connectivity index (χ1) is 7.82. The van der Waals surface area contributed by atoms with Crippen LogP contribution in [0.5, 0.6) is 0 Å².